The molecule has 0 bridgehead atoms. The number of amides is 1. The second kappa shape index (κ2) is 8.16. The number of benzene rings is 2. The van der Waals surface area contributed by atoms with Crippen molar-refractivity contribution in [3.8, 4) is 16.9 Å². The first-order valence-electron chi connectivity index (χ1n) is 8.38. The molecular weight excluding hydrogens is 328 g/mol. The van der Waals surface area contributed by atoms with Gasteiger partial charge in [0, 0.05) is 18.3 Å². The molecule has 0 unspecified atom stereocenters. The minimum atomic E-state index is -0.402. The molecule has 5 nitrogen and oxygen atoms in total. The van der Waals surface area contributed by atoms with Crippen LogP contribution in [0.4, 0.5) is 0 Å². The number of nitrogens with one attached hydrogen (secondary N) is 2. The predicted octanol–water partition coefficient (Wildman–Crippen LogP) is 3.02. The Bertz CT molecular complexity index is 949. The van der Waals surface area contributed by atoms with Gasteiger partial charge in [0.25, 0.3) is 11.5 Å². The molecular formula is C21H20N2O3. The molecule has 5 heteroatoms. The Morgan fingerprint density at radius 1 is 1.04 bits per heavy atom. The van der Waals surface area contributed by atoms with Gasteiger partial charge in [-0.05, 0) is 29.7 Å². The normalized spacial score (nSPS) is 10.3. The molecule has 0 saturated carbocycles. The monoisotopic (exact) mass is 348 g/mol. The summed E-state index contributed by atoms with van der Waals surface area (Å²) in [5.74, 6) is 0.393. The fourth-order valence-electron chi connectivity index (χ4n) is 2.87. The number of hydrogen-bond donors (Lipinski definition) is 2. The molecule has 0 aliphatic rings. The van der Waals surface area contributed by atoms with Crippen LogP contribution in [0.2, 0.25) is 0 Å². The maximum Gasteiger partial charge on any atom is 0.261 e. The maximum absolute atomic E-state index is 12.6. The van der Waals surface area contributed by atoms with Crippen molar-refractivity contribution in [1.29, 1.82) is 0 Å². The molecule has 1 aromatic heterocycles. The molecule has 2 aromatic carbocycles. The number of hydrogen-bond acceptors (Lipinski definition) is 3. The number of para-hydroxylation sites is 1. The predicted molar refractivity (Wildman–Crippen MR) is 102 cm³/mol. The third kappa shape index (κ3) is 3.83. The summed E-state index contributed by atoms with van der Waals surface area (Å²) in [4.78, 5) is 27.5. The van der Waals surface area contributed by atoms with Crippen molar-refractivity contribution in [1.82, 2.24) is 10.3 Å². The number of aromatic amines is 1. The molecule has 26 heavy (non-hydrogen) atoms. The fourth-order valence-corrected chi connectivity index (χ4v) is 2.87. The van der Waals surface area contributed by atoms with Crippen molar-refractivity contribution in [3.63, 3.8) is 0 Å². The van der Waals surface area contributed by atoms with E-state index in [1.54, 1.807) is 19.4 Å². The molecule has 0 spiro atoms. The Kier molecular flexibility index (Phi) is 5.49. The minimum Gasteiger partial charge on any atom is -0.496 e. The smallest absolute Gasteiger partial charge is 0.261 e. The van der Waals surface area contributed by atoms with E-state index >= 15 is 0 Å². The van der Waals surface area contributed by atoms with Crippen LogP contribution in [0, 0.1) is 0 Å². The van der Waals surface area contributed by atoms with E-state index in [0.717, 1.165) is 16.9 Å². The molecule has 132 valence electrons. The molecule has 1 amide bonds. The molecule has 0 fully saturated rings. The van der Waals surface area contributed by atoms with Crippen LogP contribution in [-0.2, 0) is 6.42 Å². The summed E-state index contributed by atoms with van der Waals surface area (Å²) < 4.78 is 5.32. The first-order chi connectivity index (χ1) is 12.7. The van der Waals surface area contributed by atoms with Crippen LogP contribution in [0.3, 0.4) is 0 Å². The molecule has 0 radical (unpaired) electrons. The zero-order valence-corrected chi connectivity index (χ0v) is 14.5. The largest absolute Gasteiger partial charge is 0.496 e. The first-order valence-corrected chi connectivity index (χ1v) is 8.38. The number of H-pyrrole nitrogens is 1. The molecule has 0 atom stereocenters. The number of methoxy groups -OCH3 is 1. The van der Waals surface area contributed by atoms with Gasteiger partial charge in [-0.1, -0.05) is 48.5 Å². The molecule has 0 aliphatic heterocycles. The first kappa shape index (κ1) is 17.5. The lowest BCUT2D eigenvalue weighted by atomic mass is 10.0. The van der Waals surface area contributed by atoms with Crippen LogP contribution in [0.5, 0.6) is 5.75 Å². The Balaban J connectivity index is 1.77. The standard InChI is InChI=1S/C21H20N2O3/c1-26-18-10-6-5-9-16(18)11-13-22-20(24)19-17(12-14-23-21(19)25)15-7-3-2-4-8-15/h2-10,12,14H,11,13H2,1H3,(H,22,24)(H,23,25). The third-order valence-corrected chi connectivity index (χ3v) is 4.15. The second-order valence-corrected chi connectivity index (χ2v) is 5.78. The third-order valence-electron chi connectivity index (χ3n) is 4.15. The molecule has 0 aliphatic carbocycles. The average molecular weight is 348 g/mol. The molecule has 3 rings (SSSR count). The summed E-state index contributed by atoms with van der Waals surface area (Å²) in [6.07, 6.45) is 2.16. The lowest BCUT2D eigenvalue weighted by molar-refractivity contribution is 0.0953. The highest BCUT2D eigenvalue weighted by molar-refractivity contribution is 6.00. The van der Waals surface area contributed by atoms with Gasteiger partial charge in [-0.3, -0.25) is 9.59 Å². The van der Waals surface area contributed by atoms with Crippen LogP contribution in [0.25, 0.3) is 11.1 Å². The van der Waals surface area contributed by atoms with Crippen molar-refractivity contribution in [2.24, 2.45) is 0 Å². The van der Waals surface area contributed by atoms with E-state index in [4.69, 9.17) is 4.74 Å². The quantitative estimate of drug-likeness (QED) is 0.719. The van der Waals surface area contributed by atoms with Crippen molar-refractivity contribution in [3.05, 3.63) is 88.3 Å². The number of rotatable bonds is 6. The summed E-state index contributed by atoms with van der Waals surface area (Å²) in [5, 5.41) is 2.84. The number of carbonyl (C=O) groups is 1. The zero-order chi connectivity index (χ0) is 18.4. The molecule has 0 saturated heterocycles. The van der Waals surface area contributed by atoms with Gasteiger partial charge in [-0.25, -0.2) is 0 Å². The summed E-state index contributed by atoms with van der Waals surface area (Å²) >= 11 is 0. The average Bonchev–Trinajstić information content (AvgIpc) is 2.68. The molecule has 1 heterocycles. The van der Waals surface area contributed by atoms with Crippen molar-refractivity contribution >= 4 is 5.91 Å². The van der Waals surface area contributed by atoms with Gasteiger partial charge in [0.2, 0.25) is 0 Å². The summed E-state index contributed by atoms with van der Waals surface area (Å²) in [5.41, 5.74) is 2.16. The Hall–Kier alpha value is -3.34. The van der Waals surface area contributed by atoms with Gasteiger partial charge >= 0.3 is 0 Å². The topological polar surface area (TPSA) is 71.2 Å². The lowest BCUT2D eigenvalue weighted by Gasteiger charge is -2.11. The fraction of sp³-hybridized carbons (Fsp3) is 0.143. The van der Waals surface area contributed by atoms with Gasteiger partial charge in [-0.15, -0.1) is 0 Å². The van der Waals surface area contributed by atoms with Gasteiger partial charge in [0.1, 0.15) is 11.3 Å². The highest BCUT2D eigenvalue weighted by Crippen LogP contribution is 2.21. The van der Waals surface area contributed by atoms with Crippen LogP contribution >= 0.6 is 0 Å². The van der Waals surface area contributed by atoms with E-state index in [1.807, 2.05) is 54.6 Å². The highest BCUT2D eigenvalue weighted by Gasteiger charge is 2.16. The SMILES string of the molecule is COc1ccccc1CCNC(=O)c1c(-c2ccccc2)cc[nH]c1=O. The van der Waals surface area contributed by atoms with Crippen LogP contribution in [0.1, 0.15) is 15.9 Å². The summed E-state index contributed by atoms with van der Waals surface area (Å²) in [6, 6.07) is 18.8. The van der Waals surface area contributed by atoms with Crippen molar-refractivity contribution in [2.45, 2.75) is 6.42 Å². The zero-order valence-electron chi connectivity index (χ0n) is 14.5. The Morgan fingerprint density at radius 2 is 1.77 bits per heavy atom. The van der Waals surface area contributed by atoms with Gasteiger partial charge in [0.05, 0.1) is 7.11 Å². The maximum atomic E-state index is 12.6. The van der Waals surface area contributed by atoms with E-state index < -0.39 is 5.56 Å². The minimum absolute atomic E-state index is 0.124. The Labute approximate surface area is 151 Å². The highest BCUT2D eigenvalue weighted by atomic mass is 16.5. The van der Waals surface area contributed by atoms with Gasteiger partial charge in [-0.2, -0.15) is 0 Å². The van der Waals surface area contributed by atoms with E-state index in [9.17, 15) is 9.59 Å². The van der Waals surface area contributed by atoms with Crippen molar-refractivity contribution in [2.75, 3.05) is 13.7 Å². The van der Waals surface area contributed by atoms with Gasteiger partial charge in [0.15, 0.2) is 0 Å². The lowest BCUT2D eigenvalue weighted by Crippen LogP contribution is -2.31. The molecule has 3 aromatic rings. The number of aromatic nitrogens is 1. The second-order valence-electron chi connectivity index (χ2n) is 5.78. The van der Waals surface area contributed by atoms with E-state index in [1.165, 1.54) is 0 Å². The van der Waals surface area contributed by atoms with E-state index in [2.05, 4.69) is 10.3 Å². The van der Waals surface area contributed by atoms with E-state index in [-0.39, 0.29) is 11.5 Å². The van der Waals surface area contributed by atoms with Crippen LogP contribution in [0.15, 0.2) is 71.7 Å². The molecule has 2 N–H and O–H groups in total. The number of ether oxygens (including phenoxy) is 1. The van der Waals surface area contributed by atoms with Crippen LogP contribution < -0.4 is 15.6 Å². The Morgan fingerprint density at radius 3 is 2.54 bits per heavy atom. The van der Waals surface area contributed by atoms with Gasteiger partial charge < -0.3 is 15.0 Å². The van der Waals surface area contributed by atoms with Crippen molar-refractivity contribution < 1.29 is 9.53 Å². The summed E-state index contributed by atoms with van der Waals surface area (Å²) in [6.45, 7) is 0.405. The summed E-state index contributed by atoms with van der Waals surface area (Å²) in [7, 11) is 1.62. The van der Waals surface area contributed by atoms with E-state index in [0.29, 0.717) is 18.5 Å². The number of pyridine rings is 1. The van der Waals surface area contributed by atoms with Crippen LogP contribution in [-0.4, -0.2) is 24.5 Å². The number of carbonyl (C=O) groups excluding carboxylic acids is 1.